The summed E-state index contributed by atoms with van der Waals surface area (Å²) in [6.07, 6.45) is 3.43. The Labute approximate surface area is 220 Å². The van der Waals surface area contributed by atoms with Crippen molar-refractivity contribution >= 4 is 23.1 Å². The number of halogens is 3. The van der Waals surface area contributed by atoms with Crippen LogP contribution in [-0.2, 0) is 9.53 Å². The molecule has 0 amide bonds. The smallest absolute Gasteiger partial charge is 0.306 e. The molecule has 0 radical (unpaired) electrons. The first-order chi connectivity index (χ1) is 18.1. The third-order valence-corrected chi connectivity index (χ3v) is 6.47. The Kier molecular flexibility index (Phi) is 6.56. The van der Waals surface area contributed by atoms with E-state index in [9.17, 15) is 18.4 Å². The highest BCUT2D eigenvalue weighted by molar-refractivity contribution is 6.30. The van der Waals surface area contributed by atoms with Crippen LogP contribution < -0.4 is 15.0 Å². The summed E-state index contributed by atoms with van der Waals surface area (Å²) in [7, 11) is 1.42. The normalized spacial score (nSPS) is 15.6. The number of benzene rings is 1. The van der Waals surface area contributed by atoms with Gasteiger partial charge in [-0.05, 0) is 30.3 Å². The van der Waals surface area contributed by atoms with Crippen LogP contribution in [0.1, 0.15) is 26.2 Å². The Morgan fingerprint density at radius 1 is 1.16 bits per heavy atom. The maximum atomic E-state index is 13.6. The number of rotatable bonds is 8. The number of hydrogen-bond donors (Lipinski definition) is 0. The van der Waals surface area contributed by atoms with Crippen LogP contribution in [0.2, 0.25) is 5.02 Å². The van der Waals surface area contributed by atoms with Crippen molar-refractivity contribution < 1.29 is 27.8 Å². The largest absolute Gasteiger partial charge is 0.493 e. The molecule has 3 aromatic heterocycles. The van der Waals surface area contributed by atoms with Crippen molar-refractivity contribution in [2.75, 3.05) is 13.7 Å². The van der Waals surface area contributed by atoms with E-state index in [2.05, 4.69) is 10.1 Å². The highest BCUT2D eigenvalue weighted by Gasteiger charge is 2.60. The number of alkyl halides is 2. The van der Waals surface area contributed by atoms with Gasteiger partial charge in [-0.2, -0.15) is 5.10 Å². The maximum absolute atomic E-state index is 13.6. The molecule has 1 aliphatic carbocycles. The van der Waals surface area contributed by atoms with E-state index in [1.807, 2.05) is 0 Å². The molecule has 0 N–H and O–H groups in total. The first-order valence-corrected chi connectivity index (χ1v) is 12.1. The average molecular weight is 545 g/mol. The number of aromatic nitrogens is 4. The molecule has 4 aromatic rings. The molecule has 1 aliphatic rings. The molecule has 0 aliphatic heterocycles. The van der Waals surface area contributed by atoms with E-state index in [1.165, 1.54) is 28.7 Å². The predicted molar refractivity (Wildman–Crippen MR) is 134 cm³/mol. The fourth-order valence-corrected chi connectivity index (χ4v) is 4.52. The minimum Gasteiger partial charge on any atom is -0.493 e. The summed E-state index contributed by atoms with van der Waals surface area (Å²) in [5, 5.41) is 4.83. The lowest BCUT2D eigenvalue weighted by molar-refractivity contribution is -0.234. The Morgan fingerprint density at radius 2 is 1.95 bits per heavy atom. The zero-order valence-corrected chi connectivity index (χ0v) is 21.2. The van der Waals surface area contributed by atoms with Crippen LogP contribution in [0.15, 0.2) is 59.9 Å². The van der Waals surface area contributed by atoms with Crippen molar-refractivity contribution in [1.29, 1.82) is 0 Å². The first-order valence-electron chi connectivity index (χ1n) is 11.7. The molecule has 0 saturated heterocycles. The molecular formula is C26H23ClF2N4O5. The van der Waals surface area contributed by atoms with Crippen molar-refractivity contribution in [3.63, 3.8) is 0 Å². The highest BCUT2D eigenvalue weighted by Crippen LogP contribution is 2.48. The number of hydrogen-bond acceptors (Lipinski definition) is 7. The fourth-order valence-electron chi connectivity index (χ4n) is 4.40. The molecule has 38 heavy (non-hydrogen) atoms. The second-order valence-corrected chi connectivity index (χ2v) is 9.51. The van der Waals surface area contributed by atoms with Crippen LogP contribution in [-0.4, -0.2) is 50.4 Å². The Hall–Kier alpha value is -3.99. The van der Waals surface area contributed by atoms with E-state index in [4.69, 9.17) is 25.8 Å². The van der Waals surface area contributed by atoms with Gasteiger partial charge in [-0.3, -0.25) is 19.1 Å². The van der Waals surface area contributed by atoms with Gasteiger partial charge in [0.05, 0.1) is 36.4 Å². The number of pyridine rings is 1. The van der Waals surface area contributed by atoms with E-state index in [0.29, 0.717) is 27.5 Å². The van der Waals surface area contributed by atoms with Crippen molar-refractivity contribution in [2.24, 2.45) is 0 Å². The number of carbonyl (C=O) groups is 1. The van der Waals surface area contributed by atoms with Gasteiger partial charge in [0, 0.05) is 30.4 Å². The van der Waals surface area contributed by atoms with Crippen molar-refractivity contribution in [1.82, 2.24) is 19.2 Å². The molecular weight excluding hydrogens is 522 g/mol. The number of carbonyl (C=O) groups excluding carboxylic acids is 1. The van der Waals surface area contributed by atoms with Gasteiger partial charge in [0.15, 0.2) is 17.1 Å². The monoisotopic (exact) mass is 544 g/mol. The second kappa shape index (κ2) is 9.71. The molecule has 9 nitrogen and oxygen atoms in total. The standard InChI is InChI=1S/C26H23ClF2N4O5/c1-3-23(34)38-25(12-26(28,29)13-25)14-37-21-7-5-18(9-22(21)36-2)32-15-31-33-11-16(8-20(33)24(32)35)19-6-4-17(27)10-30-19/h4-11,15H,3,12-14H2,1-2H3. The van der Waals surface area contributed by atoms with Crippen LogP contribution in [0, 0.1) is 0 Å². The van der Waals surface area contributed by atoms with Crippen molar-refractivity contribution in [2.45, 2.75) is 37.7 Å². The lowest BCUT2D eigenvalue weighted by atomic mass is 9.77. The Morgan fingerprint density at radius 3 is 2.61 bits per heavy atom. The van der Waals surface area contributed by atoms with E-state index < -0.39 is 30.3 Å². The van der Waals surface area contributed by atoms with E-state index in [-0.39, 0.29) is 30.1 Å². The Bertz CT molecular complexity index is 1560. The molecule has 0 unspecified atom stereocenters. The number of nitrogens with zero attached hydrogens (tertiary/aromatic N) is 4. The van der Waals surface area contributed by atoms with Gasteiger partial charge in [0.1, 0.15) is 18.5 Å². The third-order valence-electron chi connectivity index (χ3n) is 6.25. The highest BCUT2D eigenvalue weighted by atomic mass is 35.5. The number of methoxy groups -OCH3 is 1. The van der Waals surface area contributed by atoms with Crippen LogP contribution in [0.4, 0.5) is 8.78 Å². The van der Waals surface area contributed by atoms with Crippen LogP contribution in [0.25, 0.3) is 22.5 Å². The van der Waals surface area contributed by atoms with E-state index >= 15 is 0 Å². The molecule has 1 saturated carbocycles. The molecule has 0 spiro atoms. The molecule has 12 heteroatoms. The quantitative estimate of drug-likeness (QED) is 0.296. The molecule has 1 aromatic carbocycles. The molecule has 0 atom stereocenters. The van der Waals surface area contributed by atoms with E-state index in [1.54, 1.807) is 49.5 Å². The fraction of sp³-hybridized carbons (Fsp3) is 0.308. The van der Waals surface area contributed by atoms with E-state index in [0.717, 1.165) is 0 Å². The third kappa shape index (κ3) is 4.93. The Balaban J connectivity index is 1.40. The van der Waals surface area contributed by atoms with Gasteiger partial charge in [-0.25, -0.2) is 13.3 Å². The summed E-state index contributed by atoms with van der Waals surface area (Å²) in [4.78, 5) is 29.3. The summed E-state index contributed by atoms with van der Waals surface area (Å²) in [6, 6.07) is 9.87. The molecule has 1 fully saturated rings. The van der Waals surface area contributed by atoms with Crippen LogP contribution >= 0.6 is 11.6 Å². The van der Waals surface area contributed by atoms with Crippen LogP contribution in [0.3, 0.4) is 0 Å². The summed E-state index contributed by atoms with van der Waals surface area (Å²) >= 11 is 5.91. The molecule has 3 heterocycles. The van der Waals surface area contributed by atoms with Gasteiger partial charge in [0.2, 0.25) is 0 Å². The lowest BCUT2D eigenvalue weighted by Crippen LogP contribution is -2.57. The maximum Gasteiger partial charge on any atom is 0.306 e. The van der Waals surface area contributed by atoms with Gasteiger partial charge >= 0.3 is 5.97 Å². The molecule has 0 bridgehead atoms. The van der Waals surface area contributed by atoms with Gasteiger partial charge in [-0.15, -0.1) is 0 Å². The van der Waals surface area contributed by atoms with Gasteiger partial charge in [0.25, 0.3) is 11.5 Å². The average Bonchev–Trinajstić information content (AvgIpc) is 3.32. The number of ether oxygens (including phenoxy) is 3. The minimum atomic E-state index is -2.92. The lowest BCUT2D eigenvalue weighted by Gasteiger charge is -2.45. The van der Waals surface area contributed by atoms with Gasteiger partial charge in [-0.1, -0.05) is 18.5 Å². The van der Waals surface area contributed by atoms with Gasteiger partial charge < -0.3 is 14.2 Å². The summed E-state index contributed by atoms with van der Waals surface area (Å²) in [5.74, 6) is -2.98. The first kappa shape index (κ1) is 25.7. The number of fused-ring (bicyclic) bond motifs is 1. The predicted octanol–water partition coefficient (Wildman–Crippen LogP) is 4.71. The number of esters is 1. The minimum absolute atomic E-state index is 0.0673. The zero-order chi connectivity index (χ0) is 27.1. The van der Waals surface area contributed by atoms with Crippen molar-refractivity contribution in [3.05, 3.63) is 70.5 Å². The molecule has 5 rings (SSSR count). The summed E-state index contributed by atoms with van der Waals surface area (Å²) in [5.41, 5.74) is 0.369. The SMILES string of the molecule is CCC(=O)OC1(COc2ccc(-n3cnn4cc(-c5ccc(Cl)cn5)cc4c3=O)cc2OC)CC(F)(F)C1. The molecule has 198 valence electrons. The van der Waals surface area contributed by atoms with Crippen LogP contribution in [0.5, 0.6) is 11.5 Å². The summed E-state index contributed by atoms with van der Waals surface area (Å²) < 4.78 is 46.6. The summed E-state index contributed by atoms with van der Waals surface area (Å²) in [6.45, 7) is 1.33. The zero-order valence-electron chi connectivity index (χ0n) is 20.5. The van der Waals surface area contributed by atoms with Crippen molar-refractivity contribution in [3.8, 4) is 28.4 Å². The second-order valence-electron chi connectivity index (χ2n) is 9.07. The topological polar surface area (TPSA) is 97.0 Å².